The fourth-order valence-electron chi connectivity index (χ4n) is 3.14. The molecule has 6 nitrogen and oxygen atoms in total. The molecule has 0 aliphatic heterocycles. The maximum Gasteiger partial charge on any atom is 0.340 e. The number of benzene rings is 2. The molecule has 0 atom stereocenters. The quantitative estimate of drug-likeness (QED) is 0.495. The average molecular weight is 392 g/mol. The molecule has 0 aliphatic carbocycles. The van der Waals surface area contributed by atoms with Crippen molar-refractivity contribution in [1.82, 2.24) is 8.96 Å². The Labute approximate surface area is 162 Å². The van der Waals surface area contributed by atoms with Crippen molar-refractivity contribution in [2.75, 3.05) is 7.11 Å². The summed E-state index contributed by atoms with van der Waals surface area (Å²) < 4.78 is 32.5. The van der Waals surface area contributed by atoms with Crippen LogP contribution in [-0.4, -0.2) is 30.5 Å². The lowest BCUT2D eigenvalue weighted by Gasteiger charge is -2.07. The summed E-state index contributed by atoms with van der Waals surface area (Å²) in [7, 11) is -2.52. The van der Waals surface area contributed by atoms with Crippen LogP contribution in [0.4, 0.5) is 0 Å². The highest BCUT2D eigenvalue weighted by Gasteiger charge is 2.24. The maximum absolute atomic E-state index is 13.2. The Balaban J connectivity index is 2.02. The number of ether oxygens (including phenoxy) is 1. The second kappa shape index (κ2) is 6.94. The molecular formula is C21H16N2O4S. The molecule has 0 saturated heterocycles. The van der Waals surface area contributed by atoms with Crippen molar-refractivity contribution in [3.05, 3.63) is 84.7 Å². The van der Waals surface area contributed by atoms with E-state index in [1.807, 2.05) is 6.07 Å². The van der Waals surface area contributed by atoms with Gasteiger partial charge in [-0.25, -0.2) is 17.2 Å². The van der Waals surface area contributed by atoms with Crippen molar-refractivity contribution in [3.63, 3.8) is 0 Å². The predicted molar refractivity (Wildman–Crippen MR) is 106 cm³/mol. The number of hydrogen-bond donors (Lipinski definition) is 0. The van der Waals surface area contributed by atoms with Crippen LogP contribution in [0.3, 0.4) is 0 Å². The molecule has 4 rings (SSSR count). The number of carbonyl (C=O) groups is 1. The van der Waals surface area contributed by atoms with Gasteiger partial charge in [-0.05, 0) is 30.3 Å². The number of aromatic nitrogens is 2. The molecule has 0 bridgehead atoms. The number of para-hydroxylation sites is 1. The molecular weight excluding hydrogens is 376 g/mol. The van der Waals surface area contributed by atoms with Gasteiger partial charge in [0, 0.05) is 23.3 Å². The molecule has 28 heavy (non-hydrogen) atoms. The number of rotatable bonds is 4. The topological polar surface area (TPSA) is 78.3 Å². The van der Waals surface area contributed by atoms with Gasteiger partial charge in [0.1, 0.15) is 0 Å². The van der Waals surface area contributed by atoms with E-state index in [0.29, 0.717) is 22.2 Å². The van der Waals surface area contributed by atoms with Crippen LogP contribution in [-0.2, 0) is 14.8 Å². The molecule has 0 aliphatic rings. The van der Waals surface area contributed by atoms with Crippen molar-refractivity contribution in [3.8, 4) is 11.3 Å². The third-order valence-electron chi connectivity index (χ3n) is 4.45. The van der Waals surface area contributed by atoms with E-state index in [-0.39, 0.29) is 10.5 Å². The molecule has 0 radical (unpaired) electrons. The first kappa shape index (κ1) is 17.9. The largest absolute Gasteiger partial charge is 0.465 e. The summed E-state index contributed by atoms with van der Waals surface area (Å²) in [5.74, 6) is -0.536. The number of nitrogens with zero attached hydrogens (tertiary/aromatic N) is 2. The highest BCUT2D eigenvalue weighted by molar-refractivity contribution is 7.90. The van der Waals surface area contributed by atoms with Gasteiger partial charge in [0.25, 0.3) is 10.0 Å². The molecule has 4 aromatic rings. The summed E-state index contributed by atoms with van der Waals surface area (Å²) in [6.45, 7) is 0. The van der Waals surface area contributed by atoms with Gasteiger partial charge in [-0.2, -0.15) is 0 Å². The summed E-state index contributed by atoms with van der Waals surface area (Å²) in [6.07, 6.45) is 3.06. The van der Waals surface area contributed by atoms with Crippen molar-refractivity contribution >= 4 is 26.9 Å². The standard InChI is InChI=1S/C21H16N2O4S/c1-27-21(24)17-11-7-13-22-20(17)18-14-23(19-12-6-5-10-16(18)19)28(25,26)15-8-3-2-4-9-15/h2-14H,1H3. The van der Waals surface area contributed by atoms with E-state index in [0.717, 1.165) is 0 Å². The van der Waals surface area contributed by atoms with Crippen LogP contribution in [0.1, 0.15) is 10.4 Å². The summed E-state index contributed by atoms with van der Waals surface area (Å²) in [5, 5.41) is 0.672. The van der Waals surface area contributed by atoms with Gasteiger partial charge in [-0.1, -0.05) is 36.4 Å². The van der Waals surface area contributed by atoms with Crippen LogP contribution < -0.4 is 0 Å². The van der Waals surface area contributed by atoms with Crippen molar-refractivity contribution in [2.45, 2.75) is 4.90 Å². The number of carbonyl (C=O) groups excluding carboxylic acids is 1. The van der Waals surface area contributed by atoms with Crippen LogP contribution in [0.5, 0.6) is 0 Å². The van der Waals surface area contributed by atoms with E-state index in [1.54, 1.807) is 66.9 Å². The molecule has 2 aromatic heterocycles. The molecule has 7 heteroatoms. The number of pyridine rings is 1. The summed E-state index contributed by atoms with van der Waals surface area (Å²) in [5.41, 5.74) is 1.68. The molecule has 140 valence electrons. The third-order valence-corrected chi connectivity index (χ3v) is 6.13. The van der Waals surface area contributed by atoms with Crippen LogP contribution in [0.15, 0.2) is 84.0 Å². The molecule has 0 spiro atoms. The molecule has 0 unspecified atom stereocenters. The lowest BCUT2D eigenvalue weighted by atomic mass is 10.1. The van der Waals surface area contributed by atoms with Gasteiger partial charge in [-0.3, -0.25) is 4.98 Å². The van der Waals surface area contributed by atoms with E-state index in [4.69, 9.17) is 4.74 Å². The first-order valence-electron chi connectivity index (χ1n) is 8.48. The Kier molecular flexibility index (Phi) is 4.44. The Morgan fingerprint density at radius 2 is 1.68 bits per heavy atom. The average Bonchev–Trinajstić information content (AvgIpc) is 3.14. The van der Waals surface area contributed by atoms with Crippen LogP contribution in [0.2, 0.25) is 0 Å². The molecule has 2 aromatic carbocycles. The van der Waals surface area contributed by atoms with E-state index in [9.17, 15) is 13.2 Å². The first-order chi connectivity index (χ1) is 13.5. The zero-order valence-electron chi connectivity index (χ0n) is 14.9. The normalized spacial score (nSPS) is 11.5. The van der Waals surface area contributed by atoms with Gasteiger partial charge in [0.15, 0.2) is 0 Å². The number of methoxy groups -OCH3 is 1. The second-order valence-corrected chi connectivity index (χ2v) is 7.88. The van der Waals surface area contributed by atoms with Crippen LogP contribution >= 0.6 is 0 Å². The van der Waals surface area contributed by atoms with Crippen LogP contribution in [0.25, 0.3) is 22.2 Å². The van der Waals surface area contributed by atoms with Gasteiger partial charge in [-0.15, -0.1) is 0 Å². The zero-order valence-corrected chi connectivity index (χ0v) is 15.8. The van der Waals surface area contributed by atoms with Crippen molar-refractivity contribution < 1.29 is 17.9 Å². The minimum atomic E-state index is -3.82. The van der Waals surface area contributed by atoms with Crippen LogP contribution in [0, 0.1) is 0 Å². The molecule has 0 saturated carbocycles. The lowest BCUT2D eigenvalue weighted by molar-refractivity contribution is 0.0601. The van der Waals surface area contributed by atoms with Gasteiger partial charge >= 0.3 is 5.97 Å². The number of fused-ring (bicyclic) bond motifs is 1. The number of esters is 1. The first-order valence-corrected chi connectivity index (χ1v) is 9.92. The summed E-state index contributed by atoms with van der Waals surface area (Å²) in [4.78, 5) is 16.7. The fraction of sp³-hybridized carbons (Fsp3) is 0.0476. The van der Waals surface area contributed by atoms with Crippen molar-refractivity contribution in [1.29, 1.82) is 0 Å². The fourth-order valence-corrected chi connectivity index (χ4v) is 4.53. The van der Waals surface area contributed by atoms with E-state index in [2.05, 4.69) is 4.98 Å². The SMILES string of the molecule is COC(=O)c1cccnc1-c1cn(S(=O)(=O)c2ccccc2)c2ccccc12. The maximum atomic E-state index is 13.2. The second-order valence-electron chi connectivity index (χ2n) is 6.06. The molecule has 2 heterocycles. The molecule has 0 amide bonds. The Bertz CT molecular complexity index is 1280. The van der Waals surface area contributed by atoms with Crippen molar-refractivity contribution in [2.24, 2.45) is 0 Å². The van der Waals surface area contributed by atoms with Gasteiger partial charge < -0.3 is 4.74 Å². The highest BCUT2D eigenvalue weighted by atomic mass is 32.2. The highest BCUT2D eigenvalue weighted by Crippen LogP contribution is 2.33. The Morgan fingerprint density at radius 1 is 0.964 bits per heavy atom. The van der Waals surface area contributed by atoms with E-state index in [1.165, 1.54) is 17.3 Å². The Morgan fingerprint density at radius 3 is 2.43 bits per heavy atom. The van der Waals surface area contributed by atoms with Gasteiger partial charge in [0.2, 0.25) is 0 Å². The summed E-state index contributed by atoms with van der Waals surface area (Å²) in [6, 6.07) is 18.5. The number of hydrogen-bond acceptors (Lipinski definition) is 5. The van der Waals surface area contributed by atoms with E-state index < -0.39 is 16.0 Å². The minimum Gasteiger partial charge on any atom is -0.465 e. The Hall–Kier alpha value is -3.45. The summed E-state index contributed by atoms with van der Waals surface area (Å²) >= 11 is 0. The predicted octanol–water partition coefficient (Wildman–Crippen LogP) is 3.73. The molecule has 0 N–H and O–H groups in total. The lowest BCUT2D eigenvalue weighted by Crippen LogP contribution is -2.11. The zero-order chi connectivity index (χ0) is 19.7. The monoisotopic (exact) mass is 392 g/mol. The van der Waals surface area contributed by atoms with Gasteiger partial charge in [0.05, 0.1) is 28.8 Å². The smallest absolute Gasteiger partial charge is 0.340 e. The third kappa shape index (κ3) is 2.86. The minimum absolute atomic E-state index is 0.177. The van der Waals surface area contributed by atoms with E-state index >= 15 is 0 Å². The molecule has 0 fully saturated rings.